The molecule has 7 heteroatoms. The molecule has 5 rings (SSSR count). The maximum atomic E-state index is 15.5. The number of aryl methyl sites for hydroxylation is 1. The van der Waals surface area contributed by atoms with Crippen LogP contribution in [0.2, 0.25) is 0 Å². The van der Waals surface area contributed by atoms with Crippen LogP contribution in [0, 0.1) is 5.82 Å². The van der Waals surface area contributed by atoms with E-state index < -0.39 is 0 Å². The van der Waals surface area contributed by atoms with Crippen molar-refractivity contribution in [1.82, 2.24) is 4.98 Å². The summed E-state index contributed by atoms with van der Waals surface area (Å²) in [5.74, 6) is 0.369. The quantitative estimate of drug-likeness (QED) is 0.523. The molecule has 0 spiro atoms. The van der Waals surface area contributed by atoms with Gasteiger partial charge in [-0.15, -0.1) is 5.10 Å². The van der Waals surface area contributed by atoms with E-state index in [1.54, 1.807) is 20.3 Å². The van der Waals surface area contributed by atoms with E-state index in [0.29, 0.717) is 24.5 Å². The maximum absolute atomic E-state index is 15.5. The second kappa shape index (κ2) is 9.29. The minimum absolute atomic E-state index is 0.208. The molecule has 1 fully saturated rings. The monoisotopic (exact) mass is 450 g/mol. The molecule has 2 heterocycles. The van der Waals surface area contributed by atoms with E-state index in [-0.39, 0.29) is 11.2 Å². The molecule has 1 saturated carbocycles. The van der Waals surface area contributed by atoms with Crippen LogP contribution in [0.25, 0.3) is 11.1 Å². The third-order valence-corrected chi connectivity index (χ3v) is 7.39. The van der Waals surface area contributed by atoms with Crippen molar-refractivity contribution in [2.75, 3.05) is 27.4 Å². The number of fused-ring (bicyclic) bond motifs is 1. The summed E-state index contributed by atoms with van der Waals surface area (Å²) in [4.78, 5) is 5.35. The van der Waals surface area contributed by atoms with Gasteiger partial charge in [0.15, 0.2) is 0 Å². The van der Waals surface area contributed by atoms with Gasteiger partial charge in [0.1, 0.15) is 18.1 Å². The minimum Gasteiger partial charge on any atom is -0.497 e. The highest BCUT2D eigenvalue weighted by atomic mass is 19.1. The van der Waals surface area contributed by atoms with Crippen molar-refractivity contribution in [3.63, 3.8) is 0 Å². The summed E-state index contributed by atoms with van der Waals surface area (Å²) in [6, 6.07) is 4.97. The summed E-state index contributed by atoms with van der Waals surface area (Å²) in [6.45, 7) is 0.975. The Morgan fingerprint density at radius 3 is 2.55 bits per heavy atom. The van der Waals surface area contributed by atoms with Crippen LogP contribution in [-0.2, 0) is 23.0 Å². The average Bonchev–Trinajstić information content (AvgIpc) is 3.48. The number of pyridine rings is 1. The van der Waals surface area contributed by atoms with E-state index in [1.807, 2.05) is 6.07 Å². The zero-order valence-corrected chi connectivity index (χ0v) is 19.5. The number of rotatable bonds is 6. The molecule has 2 aromatic rings. The standard InChI is InChI=1S/C26H31FN4O2/c1-32-16-26(12-6-7-13-26)25-24(22-15-28-31-30-22)23(18-8-4-3-5-9-21(18)29-25)19-14-17(33-2)10-11-20(19)27/h10-11,14H,3-9,12-13,15-16H2,1-2H3. The third kappa shape index (κ3) is 3.97. The number of benzene rings is 1. The molecule has 3 aliphatic rings. The van der Waals surface area contributed by atoms with Crippen LogP contribution in [0.4, 0.5) is 4.39 Å². The van der Waals surface area contributed by atoms with Crippen LogP contribution in [0.5, 0.6) is 5.75 Å². The molecular formula is C26H31FN4O2. The number of nitrogens with zero attached hydrogens (tertiary/aromatic N) is 4. The predicted octanol–water partition coefficient (Wildman–Crippen LogP) is 5.79. The molecule has 33 heavy (non-hydrogen) atoms. The lowest BCUT2D eigenvalue weighted by Crippen LogP contribution is -2.33. The van der Waals surface area contributed by atoms with E-state index in [2.05, 4.69) is 15.4 Å². The molecule has 174 valence electrons. The fourth-order valence-corrected chi connectivity index (χ4v) is 5.83. The van der Waals surface area contributed by atoms with Gasteiger partial charge in [0.05, 0.1) is 25.1 Å². The maximum Gasteiger partial charge on any atom is 0.131 e. The van der Waals surface area contributed by atoms with Gasteiger partial charge in [0, 0.05) is 34.9 Å². The Balaban J connectivity index is 1.87. The van der Waals surface area contributed by atoms with Crippen molar-refractivity contribution in [3.8, 4) is 16.9 Å². The Morgan fingerprint density at radius 1 is 1.00 bits per heavy atom. The highest BCUT2D eigenvalue weighted by Crippen LogP contribution is 2.47. The zero-order chi connectivity index (χ0) is 22.8. The van der Waals surface area contributed by atoms with Gasteiger partial charge < -0.3 is 9.47 Å². The van der Waals surface area contributed by atoms with Crippen molar-refractivity contribution in [3.05, 3.63) is 46.5 Å². The minimum atomic E-state index is -0.264. The van der Waals surface area contributed by atoms with Gasteiger partial charge >= 0.3 is 0 Å². The number of ether oxygens (including phenoxy) is 2. The Bertz CT molecular complexity index is 1110. The molecule has 0 bridgehead atoms. The summed E-state index contributed by atoms with van der Waals surface area (Å²) in [5, 5.41) is 12.5. The number of methoxy groups -OCH3 is 2. The molecule has 0 unspecified atom stereocenters. The number of hydrogen-bond acceptors (Lipinski definition) is 6. The Kier molecular flexibility index (Phi) is 6.23. The summed E-state index contributed by atoms with van der Waals surface area (Å²) in [5.41, 5.74) is 6.15. The van der Waals surface area contributed by atoms with Crippen LogP contribution in [-0.4, -0.2) is 38.1 Å². The van der Waals surface area contributed by atoms with Gasteiger partial charge in [-0.25, -0.2) is 4.39 Å². The summed E-state index contributed by atoms with van der Waals surface area (Å²) in [7, 11) is 3.37. The van der Waals surface area contributed by atoms with Crippen molar-refractivity contribution in [2.24, 2.45) is 15.4 Å². The van der Waals surface area contributed by atoms with Crippen molar-refractivity contribution in [2.45, 2.75) is 63.2 Å². The normalized spacial score (nSPS) is 19.3. The highest BCUT2D eigenvalue weighted by molar-refractivity contribution is 6.09. The third-order valence-electron chi connectivity index (χ3n) is 7.39. The molecule has 0 radical (unpaired) electrons. The zero-order valence-electron chi connectivity index (χ0n) is 19.5. The second-order valence-electron chi connectivity index (χ2n) is 9.40. The van der Waals surface area contributed by atoms with Gasteiger partial charge in [-0.05, 0) is 67.5 Å². The first kappa shape index (κ1) is 22.1. The predicted molar refractivity (Wildman–Crippen MR) is 126 cm³/mol. The number of halogens is 1. The Hall–Kier alpha value is -2.67. The Labute approximate surface area is 194 Å². The van der Waals surface area contributed by atoms with Crippen LogP contribution >= 0.6 is 0 Å². The molecule has 2 aliphatic carbocycles. The molecule has 6 nitrogen and oxygen atoms in total. The summed E-state index contributed by atoms with van der Waals surface area (Å²) in [6.07, 6.45) is 9.36. The number of hydrogen-bond donors (Lipinski definition) is 0. The lowest BCUT2D eigenvalue weighted by atomic mass is 9.76. The van der Waals surface area contributed by atoms with E-state index >= 15 is 4.39 Å². The molecule has 0 amide bonds. The van der Waals surface area contributed by atoms with E-state index in [9.17, 15) is 0 Å². The first-order valence-electron chi connectivity index (χ1n) is 12.0. The fourth-order valence-electron chi connectivity index (χ4n) is 5.83. The van der Waals surface area contributed by atoms with Gasteiger partial charge in [-0.2, -0.15) is 5.11 Å². The van der Waals surface area contributed by atoms with Crippen LogP contribution < -0.4 is 4.74 Å². The summed E-state index contributed by atoms with van der Waals surface area (Å²) >= 11 is 0. The van der Waals surface area contributed by atoms with Crippen LogP contribution in [0.15, 0.2) is 33.6 Å². The van der Waals surface area contributed by atoms with Gasteiger partial charge in [0.25, 0.3) is 0 Å². The molecule has 0 atom stereocenters. The molecule has 1 aromatic carbocycles. The molecule has 1 aliphatic heterocycles. The van der Waals surface area contributed by atoms with Gasteiger partial charge in [-0.1, -0.05) is 19.3 Å². The van der Waals surface area contributed by atoms with Crippen molar-refractivity contribution < 1.29 is 13.9 Å². The average molecular weight is 451 g/mol. The van der Waals surface area contributed by atoms with E-state index in [4.69, 9.17) is 14.5 Å². The highest BCUT2D eigenvalue weighted by Gasteiger charge is 2.42. The van der Waals surface area contributed by atoms with E-state index in [0.717, 1.165) is 91.6 Å². The molecule has 1 aromatic heterocycles. The lowest BCUT2D eigenvalue weighted by Gasteiger charge is -2.32. The van der Waals surface area contributed by atoms with Crippen molar-refractivity contribution >= 4 is 5.71 Å². The summed E-state index contributed by atoms with van der Waals surface area (Å²) < 4.78 is 26.7. The smallest absolute Gasteiger partial charge is 0.131 e. The van der Waals surface area contributed by atoms with Crippen LogP contribution in [0.1, 0.15) is 67.5 Å². The van der Waals surface area contributed by atoms with Gasteiger partial charge in [0.2, 0.25) is 0 Å². The van der Waals surface area contributed by atoms with Crippen LogP contribution in [0.3, 0.4) is 0 Å². The lowest BCUT2D eigenvalue weighted by molar-refractivity contribution is 0.129. The molecule has 0 N–H and O–H groups in total. The molecular weight excluding hydrogens is 419 g/mol. The second-order valence-corrected chi connectivity index (χ2v) is 9.40. The van der Waals surface area contributed by atoms with E-state index in [1.165, 1.54) is 6.07 Å². The van der Waals surface area contributed by atoms with Crippen molar-refractivity contribution in [1.29, 1.82) is 0 Å². The first-order chi connectivity index (χ1) is 16.2. The Morgan fingerprint density at radius 2 is 1.82 bits per heavy atom. The molecule has 0 saturated heterocycles. The number of aromatic nitrogens is 1. The topological polar surface area (TPSA) is 68.4 Å². The fraction of sp³-hybridized carbons (Fsp3) is 0.538. The first-order valence-corrected chi connectivity index (χ1v) is 12.0. The van der Waals surface area contributed by atoms with Gasteiger partial charge in [-0.3, -0.25) is 4.98 Å². The largest absolute Gasteiger partial charge is 0.497 e. The SMILES string of the molecule is COCC1(c2nc3c(c(-c4cc(OC)ccc4F)c2C2=NN=NC2)CCCCC3)CCCC1.